The van der Waals surface area contributed by atoms with Crippen molar-refractivity contribution in [1.29, 1.82) is 5.26 Å². The van der Waals surface area contributed by atoms with E-state index >= 15 is 0 Å². The Bertz CT molecular complexity index is 942. The topological polar surface area (TPSA) is 112 Å². The molecule has 1 aromatic rings. The molecule has 0 aliphatic rings. The lowest BCUT2D eigenvalue weighted by Crippen LogP contribution is -2.60. The predicted octanol–water partition coefficient (Wildman–Crippen LogP) is 3.78. The zero-order valence-corrected chi connectivity index (χ0v) is 22.4. The summed E-state index contributed by atoms with van der Waals surface area (Å²) in [5.74, 6) is -0.827. The quantitative estimate of drug-likeness (QED) is 0.518. The number of hydrogen-bond acceptors (Lipinski definition) is 5. The molecule has 0 fully saturated rings. The largest absolute Gasteiger partial charge is 0.435 e. The summed E-state index contributed by atoms with van der Waals surface area (Å²) in [5, 5.41) is 14.2. The molecular formula is C27H40N4O4. The molecule has 8 heteroatoms. The molecule has 35 heavy (non-hydrogen) atoms. The second-order valence-electron chi connectivity index (χ2n) is 10.6. The Kier molecular flexibility index (Phi) is 10.5. The molecular weight excluding hydrogens is 444 g/mol. The molecule has 0 saturated carbocycles. The Hall–Kier alpha value is -3.34. The van der Waals surface area contributed by atoms with E-state index in [1.165, 1.54) is 13.1 Å². The average molecular weight is 485 g/mol. The Labute approximate surface area is 209 Å². The summed E-state index contributed by atoms with van der Waals surface area (Å²) < 4.78 is 5.54. The van der Waals surface area contributed by atoms with E-state index in [0.29, 0.717) is 0 Å². The zero-order valence-electron chi connectivity index (χ0n) is 22.4. The molecule has 3 atom stereocenters. The van der Waals surface area contributed by atoms with Gasteiger partial charge in [0.2, 0.25) is 5.91 Å². The van der Waals surface area contributed by atoms with Crippen LogP contribution >= 0.6 is 0 Å². The number of carbonyl (C=O) groups is 3. The molecule has 0 bridgehead atoms. The van der Waals surface area contributed by atoms with Gasteiger partial charge in [-0.25, -0.2) is 4.79 Å². The first-order chi connectivity index (χ1) is 16.2. The third-order valence-electron chi connectivity index (χ3n) is 6.09. The third kappa shape index (κ3) is 7.84. The van der Waals surface area contributed by atoms with Gasteiger partial charge in [0.1, 0.15) is 6.04 Å². The molecule has 0 spiro atoms. The Morgan fingerprint density at radius 3 is 2.11 bits per heavy atom. The molecule has 3 amide bonds. The highest BCUT2D eigenvalue weighted by Crippen LogP contribution is 2.31. The molecule has 1 aromatic carbocycles. The van der Waals surface area contributed by atoms with Crippen molar-refractivity contribution in [3.05, 3.63) is 48.0 Å². The lowest BCUT2D eigenvalue weighted by molar-refractivity contribution is -0.143. The predicted molar refractivity (Wildman–Crippen MR) is 136 cm³/mol. The number of rotatable bonds is 9. The Morgan fingerprint density at radius 2 is 1.66 bits per heavy atom. The fourth-order valence-corrected chi connectivity index (χ4v) is 3.87. The van der Waals surface area contributed by atoms with Crippen LogP contribution in [0.25, 0.3) is 0 Å². The summed E-state index contributed by atoms with van der Waals surface area (Å²) in [6, 6.07) is 10.0. The molecule has 8 nitrogen and oxygen atoms in total. The van der Waals surface area contributed by atoms with Gasteiger partial charge >= 0.3 is 6.09 Å². The number of nitriles is 1. The Morgan fingerprint density at radius 1 is 1.09 bits per heavy atom. The summed E-state index contributed by atoms with van der Waals surface area (Å²) in [7, 11) is 3.08. The number of alkyl carbamates (subject to hydrolysis) is 1. The van der Waals surface area contributed by atoms with E-state index in [1.807, 2.05) is 84.9 Å². The monoisotopic (exact) mass is 484 g/mol. The van der Waals surface area contributed by atoms with E-state index in [1.54, 1.807) is 18.0 Å². The lowest BCUT2D eigenvalue weighted by atomic mass is 9.78. The van der Waals surface area contributed by atoms with Gasteiger partial charge in [-0.2, -0.15) is 5.26 Å². The minimum Gasteiger partial charge on any atom is -0.435 e. The summed E-state index contributed by atoms with van der Waals surface area (Å²) in [6.45, 7) is 13.1. The van der Waals surface area contributed by atoms with Crippen LogP contribution in [0.2, 0.25) is 0 Å². The molecule has 1 rings (SSSR count). The number of hydrogen-bond donors (Lipinski definition) is 2. The molecule has 2 N–H and O–H groups in total. The lowest BCUT2D eigenvalue weighted by Gasteiger charge is -2.39. The van der Waals surface area contributed by atoms with Crippen LogP contribution in [0.1, 0.15) is 54.0 Å². The van der Waals surface area contributed by atoms with Gasteiger partial charge in [-0.3, -0.25) is 9.59 Å². The first-order valence-corrected chi connectivity index (χ1v) is 11.8. The van der Waals surface area contributed by atoms with Gasteiger partial charge in [-0.1, -0.05) is 84.9 Å². The minimum atomic E-state index is -1.20. The van der Waals surface area contributed by atoms with Gasteiger partial charge in [0, 0.05) is 25.6 Å². The van der Waals surface area contributed by atoms with Gasteiger partial charge in [0.05, 0.1) is 12.1 Å². The summed E-state index contributed by atoms with van der Waals surface area (Å²) in [5.41, 5.74) is -0.720. The van der Waals surface area contributed by atoms with E-state index in [0.717, 1.165) is 5.56 Å². The van der Waals surface area contributed by atoms with Crippen LogP contribution in [0.15, 0.2) is 42.5 Å². The number of ether oxygens (including phenoxy) is 1. The van der Waals surface area contributed by atoms with Gasteiger partial charge < -0.3 is 20.3 Å². The van der Waals surface area contributed by atoms with E-state index in [2.05, 4.69) is 10.6 Å². The number of benzene rings is 1. The van der Waals surface area contributed by atoms with Crippen molar-refractivity contribution in [2.24, 2.45) is 11.3 Å². The SMILES string of the molecule is CNC(=O)O[C@H](C(=O)N[C@H](C(=O)N(C)[C@H](/C=C/C#N)C(C)C)C(C)(C)C)C(C)(C)c1ccccc1. The highest BCUT2D eigenvalue weighted by Gasteiger charge is 2.44. The first kappa shape index (κ1) is 29.7. The van der Waals surface area contributed by atoms with Crippen LogP contribution in [0.4, 0.5) is 4.79 Å². The van der Waals surface area contributed by atoms with Crippen molar-refractivity contribution in [3.8, 4) is 6.07 Å². The van der Waals surface area contributed by atoms with Crippen molar-refractivity contribution in [3.63, 3.8) is 0 Å². The Balaban J connectivity index is 3.38. The van der Waals surface area contributed by atoms with Crippen molar-refractivity contribution >= 4 is 17.9 Å². The average Bonchev–Trinajstić information content (AvgIpc) is 2.79. The normalized spacial score (nSPS) is 14.5. The fourth-order valence-electron chi connectivity index (χ4n) is 3.87. The van der Waals surface area contributed by atoms with Gasteiger partial charge in [-0.15, -0.1) is 0 Å². The van der Waals surface area contributed by atoms with E-state index < -0.39 is 35.0 Å². The summed E-state index contributed by atoms with van der Waals surface area (Å²) in [4.78, 5) is 41.0. The zero-order chi connectivity index (χ0) is 27.0. The van der Waals surface area contributed by atoms with Crippen molar-refractivity contribution in [1.82, 2.24) is 15.5 Å². The number of nitrogens with one attached hydrogen (secondary N) is 2. The van der Waals surface area contributed by atoms with Gasteiger partial charge in [0.15, 0.2) is 6.10 Å². The highest BCUT2D eigenvalue weighted by molar-refractivity contribution is 5.91. The van der Waals surface area contributed by atoms with E-state index in [9.17, 15) is 14.4 Å². The van der Waals surface area contributed by atoms with Crippen LogP contribution in [0.5, 0.6) is 0 Å². The number of carbonyl (C=O) groups excluding carboxylic acids is 3. The second-order valence-corrected chi connectivity index (χ2v) is 10.6. The van der Waals surface area contributed by atoms with E-state index in [4.69, 9.17) is 10.00 Å². The van der Waals surface area contributed by atoms with Crippen LogP contribution in [0.3, 0.4) is 0 Å². The molecule has 0 aromatic heterocycles. The van der Waals surface area contributed by atoms with Crippen LogP contribution in [0, 0.1) is 22.7 Å². The minimum absolute atomic E-state index is 0.0474. The molecule has 0 aliphatic heterocycles. The van der Waals surface area contributed by atoms with Crippen LogP contribution in [-0.2, 0) is 19.7 Å². The molecule has 0 aliphatic carbocycles. The van der Waals surface area contributed by atoms with E-state index in [-0.39, 0.29) is 17.9 Å². The van der Waals surface area contributed by atoms with Crippen LogP contribution < -0.4 is 10.6 Å². The summed E-state index contributed by atoms with van der Waals surface area (Å²) in [6.07, 6.45) is 1.09. The third-order valence-corrected chi connectivity index (χ3v) is 6.09. The number of nitrogens with zero attached hydrogens (tertiary/aromatic N) is 2. The van der Waals surface area contributed by atoms with Crippen molar-refractivity contribution < 1.29 is 19.1 Å². The fraction of sp³-hybridized carbons (Fsp3) is 0.556. The number of amides is 3. The smallest absolute Gasteiger partial charge is 0.407 e. The van der Waals surface area contributed by atoms with Crippen LogP contribution in [-0.4, -0.2) is 55.1 Å². The maximum atomic E-state index is 13.6. The first-order valence-electron chi connectivity index (χ1n) is 11.8. The maximum absolute atomic E-state index is 13.6. The number of allylic oxidation sites excluding steroid dienone is 1. The molecule has 0 unspecified atom stereocenters. The van der Waals surface area contributed by atoms with Crippen molar-refractivity contribution in [2.45, 2.75) is 72.1 Å². The number of likely N-dealkylation sites (N-methyl/N-ethyl adjacent to an activating group) is 1. The molecule has 0 radical (unpaired) electrons. The van der Waals surface area contributed by atoms with Gasteiger partial charge in [-0.05, 0) is 16.9 Å². The maximum Gasteiger partial charge on any atom is 0.407 e. The molecule has 192 valence electrons. The van der Waals surface area contributed by atoms with Gasteiger partial charge in [0.25, 0.3) is 5.91 Å². The molecule has 0 heterocycles. The highest BCUT2D eigenvalue weighted by atomic mass is 16.6. The second kappa shape index (κ2) is 12.4. The van der Waals surface area contributed by atoms with Crippen molar-refractivity contribution in [2.75, 3.05) is 14.1 Å². The molecule has 0 saturated heterocycles. The summed E-state index contributed by atoms with van der Waals surface area (Å²) >= 11 is 0. The standard InChI is InChI=1S/C27H40N4O4/c1-18(2)20(16-13-17-28)31(9)24(33)21(26(3,4)5)30-23(32)22(35-25(34)29-8)27(6,7)19-14-11-10-12-15-19/h10-16,18,20-22H,1-9H3,(H,29,34)(H,30,32)/b16-13+/t20-,21-,22-/m1/s1.